The number of ketones is 1. The molecule has 0 aliphatic carbocycles. The molecular formula is C18H13NO. The number of carbonyl (C=O) groups is 1. The lowest BCUT2D eigenvalue weighted by molar-refractivity contribution is 0.104. The van der Waals surface area contributed by atoms with Crippen molar-refractivity contribution < 1.29 is 4.79 Å². The number of carbonyl (C=O) groups excluding carboxylic acids is 1. The summed E-state index contributed by atoms with van der Waals surface area (Å²) in [5, 5.41) is 0. The fourth-order valence-corrected chi connectivity index (χ4v) is 2.91. The van der Waals surface area contributed by atoms with Gasteiger partial charge >= 0.3 is 0 Å². The Hall–Kier alpha value is -2.61. The van der Waals surface area contributed by atoms with Gasteiger partial charge in [0.1, 0.15) is 0 Å². The van der Waals surface area contributed by atoms with E-state index < -0.39 is 0 Å². The van der Waals surface area contributed by atoms with E-state index in [1.54, 1.807) is 0 Å². The molecule has 0 saturated heterocycles. The van der Waals surface area contributed by atoms with Crippen LogP contribution in [0, 0.1) is 6.92 Å². The van der Waals surface area contributed by atoms with Crippen LogP contribution in [0.1, 0.15) is 21.5 Å². The molecule has 4 aromatic rings. The van der Waals surface area contributed by atoms with Gasteiger partial charge in [-0.2, -0.15) is 0 Å². The fraction of sp³-hybridized carbons (Fsp3) is 0.0556. The van der Waals surface area contributed by atoms with Gasteiger partial charge in [0.2, 0.25) is 0 Å². The largest absolute Gasteiger partial charge is 0.309 e. The number of pyridine rings is 1. The lowest BCUT2D eigenvalue weighted by Crippen LogP contribution is -2.00. The van der Waals surface area contributed by atoms with E-state index in [0.29, 0.717) is 0 Å². The molecule has 0 aliphatic heterocycles. The number of hydrogen-bond donors (Lipinski definition) is 0. The number of aromatic nitrogens is 1. The second-order valence-corrected chi connectivity index (χ2v) is 5.14. The summed E-state index contributed by atoms with van der Waals surface area (Å²) in [4.78, 5) is 12.7. The number of benzene rings is 1. The molecule has 0 saturated carbocycles. The minimum atomic E-state index is 0.0844. The molecular weight excluding hydrogens is 246 g/mol. The van der Waals surface area contributed by atoms with Crippen LogP contribution in [0.2, 0.25) is 0 Å². The van der Waals surface area contributed by atoms with Crippen LogP contribution in [-0.4, -0.2) is 10.2 Å². The first-order valence-corrected chi connectivity index (χ1v) is 6.68. The van der Waals surface area contributed by atoms with E-state index in [9.17, 15) is 4.79 Å². The summed E-state index contributed by atoms with van der Waals surface area (Å²) in [6.45, 7) is 2.08. The van der Waals surface area contributed by atoms with Gasteiger partial charge in [-0.25, -0.2) is 0 Å². The van der Waals surface area contributed by atoms with E-state index in [-0.39, 0.29) is 5.78 Å². The van der Waals surface area contributed by atoms with Crippen LogP contribution < -0.4 is 0 Å². The van der Waals surface area contributed by atoms with Crippen LogP contribution in [0.5, 0.6) is 0 Å². The predicted molar refractivity (Wildman–Crippen MR) is 80.7 cm³/mol. The van der Waals surface area contributed by atoms with Gasteiger partial charge in [-0.1, -0.05) is 36.4 Å². The standard InChI is InChI=1S/C18H13NO/c1-12-10-14-8-5-9-16-15(11-17(12)19(14)16)18(20)13-6-3-2-4-7-13/h2-11H,1H3. The first-order chi connectivity index (χ1) is 9.75. The van der Waals surface area contributed by atoms with Crippen LogP contribution >= 0.6 is 0 Å². The Kier molecular flexibility index (Phi) is 2.21. The minimum absolute atomic E-state index is 0.0844. The highest BCUT2D eigenvalue weighted by Gasteiger charge is 2.17. The molecule has 3 heterocycles. The molecule has 0 bridgehead atoms. The number of rotatable bonds is 2. The van der Waals surface area contributed by atoms with Crippen molar-refractivity contribution in [3.8, 4) is 0 Å². The zero-order valence-corrected chi connectivity index (χ0v) is 11.1. The summed E-state index contributed by atoms with van der Waals surface area (Å²) in [7, 11) is 0. The van der Waals surface area contributed by atoms with Gasteiger partial charge in [-0.15, -0.1) is 0 Å². The first kappa shape index (κ1) is 11.2. The maximum Gasteiger partial charge on any atom is 0.195 e. The maximum absolute atomic E-state index is 12.7. The summed E-state index contributed by atoms with van der Waals surface area (Å²) in [5.41, 5.74) is 5.96. The maximum atomic E-state index is 12.7. The Balaban J connectivity index is 2.01. The smallest absolute Gasteiger partial charge is 0.195 e. The topological polar surface area (TPSA) is 21.5 Å². The highest BCUT2D eigenvalue weighted by molar-refractivity contribution is 6.15. The average Bonchev–Trinajstić information content (AvgIpc) is 3.02. The Morgan fingerprint density at radius 2 is 1.70 bits per heavy atom. The molecule has 0 radical (unpaired) electrons. The van der Waals surface area contributed by atoms with Crippen LogP contribution in [0.3, 0.4) is 0 Å². The Morgan fingerprint density at radius 1 is 0.900 bits per heavy atom. The van der Waals surface area contributed by atoms with Crippen LogP contribution in [0.15, 0.2) is 60.7 Å². The molecule has 0 atom stereocenters. The Bertz CT molecular complexity index is 918. The monoisotopic (exact) mass is 259 g/mol. The van der Waals surface area contributed by atoms with Crippen molar-refractivity contribution in [2.75, 3.05) is 0 Å². The quantitative estimate of drug-likeness (QED) is 0.497. The van der Waals surface area contributed by atoms with E-state index in [1.807, 2.05) is 48.5 Å². The summed E-state index contributed by atoms with van der Waals surface area (Å²) in [5.74, 6) is 0.0844. The summed E-state index contributed by atoms with van der Waals surface area (Å²) < 4.78 is 2.16. The molecule has 0 N–H and O–H groups in total. The minimum Gasteiger partial charge on any atom is -0.309 e. The van der Waals surface area contributed by atoms with Crippen molar-refractivity contribution in [2.24, 2.45) is 0 Å². The van der Waals surface area contributed by atoms with Crippen molar-refractivity contribution in [1.29, 1.82) is 0 Å². The lowest BCUT2D eigenvalue weighted by Gasteiger charge is -2.01. The van der Waals surface area contributed by atoms with Gasteiger partial charge < -0.3 is 4.40 Å². The van der Waals surface area contributed by atoms with Crippen molar-refractivity contribution in [2.45, 2.75) is 6.92 Å². The second-order valence-electron chi connectivity index (χ2n) is 5.14. The zero-order valence-electron chi connectivity index (χ0n) is 11.1. The van der Waals surface area contributed by atoms with E-state index in [4.69, 9.17) is 0 Å². The molecule has 0 fully saturated rings. The third-order valence-corrected chi connectivity index (χ3v) is 3.87. The SMILES string of the molecule is Cc1cc2cccc3c(C(=O)c4ccccc4)cc1n23. The van der Waals surface area contributed by atoms with Crippen molar-refractivity contribution in [1.82, 2.24) is 4.40 Å². The zero-order chi connectivity index (χ0) is 13.7. The second kappa shape index (κ2) is 3.94. The van der Waals surface area contributed by atoms with Gasteiger partial charge in [0, 0.05) is 22.2 Å². The third kappa shape index (κ3) is 1.42. The summed E-state index contributed by atoms with van der Waals surface area (Å²) in [6, 6.07) is 19.7. The third-order valence-electron chi connectivity index (χ3n) is 3.87. The van der Waals surface area contributed by atoms with E-state index >= 15 is 0 Å². The van der Waals surface area contributed by atoms with Crippen LogP contribution in [-0.2, 0) is 0 Å². The first-order valence-electron chi connectivity index (χ1n) is 6.68. The Labute approximate surface area is 116 Å². The summed E-state index contributed by atoms with van der Waals surface area (Å²) in [6.07, 6.45) is 0. The van der Waals surface area contributed by atoms with Gasteiger partial charge in [0.05, 0.1) is 5.52 Å². The molecule has 0 spiro atoms. The molecule has 2 heteroatoms. The van der Waals surface area contributed by atoms with Gasteiger partial charge in [-0.3, -0.25) is 4.79 Å². The summed E-state index contributed by atoms with van der Waals surface area (Å²) >= 11 is 0. The van der Waals surface area contributed by atoms with Crippen LogP contribution in [0.4, 0.5) is 0 Å². The molecule has 3 aromatic heterocycles. The van der Waals surface area contributed by atoms with E-state index in [0.717, 1.165) is 27.7 Å². The lowest BCUT2D eigenvalue weighted by atomic mass is 10.0. The van der Waals surface area contributed by atoms with Crippen molar-refractivity contribution in [3.05, 3.63) is 77.4 Å². The molecule has 0 amide bonds. The van der Waals surface area contributed by atoms with Crippen LogP contribution in [0.25, 0.3) is 16.6 Å². The highest BCUT2D eigenvalue weighted by atomic mass is 16.1. The normalized spacial score (nSPS) is 11.4. The molecule has 2 nitrogen and oxygen atoms in total. The van der Waals surface area contributed by atoms with Gasteiger partial charge in [-0.05, 0) is 36.8 Å². The number of hydrogen-bond acceptors (Lipinski definition) is 1. The molecule has 0 aliphatic rings. The van der Waals surface area contributed by atoms with E-state index in [1.165, 1.54) is 5.56 Å². The fourth-order valence-electron chi connectivity index (χ4n) is 2.91. The Morgan fingerprint density at radius 3 is 2.50 bits per heavy atom. The molecule has 1 aromatic carbocycles. The number of nitrogens with zero attached hydrogens (tertiary/aromatic N) is 1. The highest BCUT2D eigenvalue weighted by Crippen LogP contribution is 2.28. The van der Waals surface area contributed by atoms with Gasteiger partial charge in [0.15, 0.2) is 5.78 Å². The van der Waals surface area contributed by atoms with Crippen molar-refractivity contribution in [3.63, 3.8) is 0 Å². The molecule has 0 unspecified atom stereocenters. The molecule has 20 heavy (non-hydrogen) atoms. The van der Waals surface area contributed by atoms with Gasteiger partial charge in [0.25, 0.3) is 0 Å². The molecule has 4 rings (SSSR count). The number of aryl methyl sites for hydroxylation is 1. The van der Waals surface area contributed by atoms with E-state index in [2.05, 4.69) is 23.5 Å². The molecule has 96 valence electrons. The predicted octanol–water partition coefficient (Wildman–Crippen LogP) is 4.07. The van der Waals surface area contributed by atoms with Crippen molar-refractivity contribution >= 4 is 22.3 Å². The average molecular weight is 259 g/mol.